The van der Waals surface area contributed by atoms with Gasteiger partial charge >= 0.3 is 23.6 Å². The number of piperidine rings is 2. The second-order valence-corrected chi connectivity index (χ2v) is 16.9. The van der Waals surface area contributed by atoms with Gasteiger partial charge in [-0.25, -0.2) is 27.2 Å². The highest BCUT2D eigenvalue weighted by Crippen LogP contribution is 2.43. The fraction of sp³-hybridized carbons (Fsp3) is 0.744. The van der Waals surface area contributed by atoms with Crippen LogP contribution >= 0.6 is 0 Å². The zero-order valence-electron chi connectivity index (χ0n) is 32.4. The Morgan fingerprint density at radius 3 is 1.82 bits per heavy atom. The lowest BCUT2D eigenvalue weighted by atomic mass is 9.77. The van der Waals surface area contributed by atoms with E-state index in [1.54, 1.807) is 15.8 Å². The number of aromatic nitrogens is 3. The molecule has 17 heteroatoms. The second-order valence-electron chi connectivity index (χ2n) is 16.9. The highest BCUT2D eigenvalue weighted by atomic mass is 19.3. The zero-order valence-corrected chi connectivity index (χ0v) is 32.4. The number of halogens is 4. The van der Waals surface area contributed by atoms with Crippen LogP contribution < -0.4 is 16.8 Å². The maximum Gasteiger partial charge on any atom is 0.314 e. The minimum absolute atomic E-state index is 0.0232. The number of pyridine rings is 1. The molecule has 5 N–H and O–H groups in total. The zero-order chi connectivity index (χ0) is 40.4. The summed E-state index contributed by atoms with van der Waals surface area (Å²) < 4.78 is 61.4. The molecule has 4 amide bonds. The molecule has 5 unspecified atom stereocenters. The maximum absolute atomic E-state index is 13.7. The molecule has 7 rings (SSSR count). The SMILES string of the molecule is CC1CCC(C2CCC(F)(F)CC2)N(C(=O)C(=O)Nc2cnc(N)c3cn(C4CCCCO4)nc23)C1.CC1CCC(C2CCC(F)(F)CC2)N(C(=O)C(N)=O)C1. The summed E-state index contributed by atoms with van der Waals surface area (Å²) in [7, 11) is 0. The van der Waals surface area contributed by atoms with Crippen molar-refractivity contribution < 1.29 is 41.5 Å². The molecule has 3 saturated heterocycles. The normalized spacial score (nSPS) is 28.6. The Labute approximate surface area is 324 Å². The summed E-state index contributed by atoms with van der Waals surface area (Å²) in [5, 5.41) is 7.86. The molecule has 5 aliphatic rings. The number of carbonyl (C=O) groups excluding carboxylic acids is 4. The molecular weight excluding hydrogens is 736 g/mol. The number of nitrogen functional groups attached to an aromatic ring is 1. The van der Waals surface area contributed by atoms with Crippen LogP contribution in [-0.4, -0.2) is 91.8 Å². The first kappa shape index (κ1) is 41.6. The van der Waals surface area contributed by atoms with E-state index >= 15 is 0 Å². The van der Waals surface area contributed by atoms with Crippen LogP contribution in [0.3, 0.4) is 0 Å². The summed E-state index contributed by atoms with van der Waals surface area (Å²) >= 11 is 0. The Bertz CT molecular complexity index is 1730. The van der Waals surface area contributed by atoms with Crippen LogP contribution in [0.15, 0.2) is 12.4 Å². The number of ether oxygens (including phenoxy) is 1. The quantitative estimate of drug-likeness (QED) is 0.248. The molecule has 5 atom stereocenters. The van der Waals surface area contributed by atoms with Crippen LogP contribution in [0.25, 0.3) is 10.9 Å². The highest BCUT2D eigenvalue weighted by Gasteiger charge is 2.44. The minimum atomic E-state index is -2.63. The molecule has 56 heavy (non-hydrogen) atoms. The predicted octanol–water partition coefficient (Wildman–Crippen LogP) is 6.03. The third-order valence-corrected chi connectivity index (χ3v) is 12.6. The summed E-state index contributed by atoms with van der Waals surface area (Å²) in [5.41, 5.74) is 11.9. The molecule has 2 saturated carbocycles. The molecule has 0 aromatic carbocycles. The van der Waals surface area contributed by atoms with Crippen molar-refractivity contribution in [2.45, 2.75) is 140 Å². The van der Waals surface area contributed by atoms with Gasteiger partial charge in [0.1, 0.15) is 17.6 Å². The smallest absolute Gasteiger partial charge is 0.314 e. The number of likely N-dealkylation sites (tertiary alicyclic amines) is 2. The van der Waals surface area contributed by atoms with Crippen molar-refractivity contribution in [1.29, 1.82) is 0 Å². The number of hydrogen-bond acceptors (Lipinski definition) is 8. The van der Waals surface area contributed by atoms with Crippen LogP contribution in [0, 0.1) is 23.7 Å². The van der Waals surface area contributed by atoms with E-state index in [2.05, 4.69) is 15.4 Å². The summed E-state index contributed by atoms with van der Waals surface area (Å²) in [6, 6.07) is -0.315. The van der Waals surface area contributed by atoms with Gasteiger partial charge < -0.3 is 31.3 Å². The van der Waals surface area contributed by atoms with Gasteiger partial charge in [0.05, 0.1) is 17.3 Å². The molecular formula is C39H56F4N8O5. The number of nitrogens with one attached hydrogen (secondary N) is 1. The van der Waals surface area contributed by atoms with Gasteiger partial charge in [-0.2, -0.15) is 5.10 Å². The first-order chi connectivity index (χ1) is 26.5. The molecule has 3 aliphatic heterocycles. The van der Waals surface area contributed by atoms with Crippen LogP contribution in [0.1, 0.15) is 116 Å². The number of hydrogen-bond donors (Lipinski definition) is 3. The lowest BCUT2D eigenvalue weighted by Crippen LogP contribution is -2.54. The van der Waals surface area contributed by atoms with Gasteiger partial charge in [0.2, 0.25) is 11.8 Å². The lowest BCUT2D eigenvalue weighted by Gasteiger charge is -2.44. The number of nitrogens with zero attached hydrogens (tertiary/aromatic N) is 5. The van der Waals surface area contributed by atoms with Crippen LogP contribution in [0.4, 0.5) is 29.1 Å². The molecule has 2 aliphatic carbocycles. The second kappa shape index (κ2) is 17.2. The molecule has 0 radical (unpaired) electrons. The van der Waals surface area contributed by atoms with Crippen LogP contribution in [0.2, 0.25) is 0 Å². The van der Waals surface area contributed by atoms with Gasteiger partial charge in [-0.15, -0.1) is 0 Å². The molecule has 5 fully saturated rings. The summed E-state index contributed by atoms with van der Waals surface area (Å²) in [6.45, 7) is 5.65. The van der Waals surface area contributed by atoms with Crippen molar-refractivity contribution in [3.63, 3.8) is 0 Å². The highest BCUT2D eigenvalue weighted by molar-refractivity contribution is 6.40. The van der Waals surface area contributed by atoms with Crippen molar-refractivity contribution in [3.8, 4) is 0 Å². The fourth-order valence-corrected chi connectivity index (χ4v) is 9.35. The Morgan fingerprint density at radius 1 is 0.786 bits per heavy atom. The topological polar surface area (TPSA) is 179 Å². The number of amides is 4. The standard InChI is InChI=1S/C25H34F2N6O3.C14H22F2N2O2/c1-15-5-6-19(16-7-9-25(26,27)10-8-16)32(13-15)24(35)23(34)30-18-12-29-22(28)17-14-33(31-21(17)18)20-4-2-3-11-36-20;1-9-2-3-11(18(8-9)13(20)12(17)19)10-4-6-14(15,16)7-5-10/h12,14-16,19-20H,2-11,13H2,1H3,(H2,28,29)(H,30,34);9-11H,2-8H2,1H3,(H2,17,19). The van der Waals surface area contributed by atoms with Gasteiger partial charge in [0.15, 0.2) is 0 Å². The van der Waals surface area contributed by atoms with Crippen molar-refractivity contribution in [2.24, 2.45) is 29.4 Å². The summed E-state index contributed by atoms with van der Waals surface area (Å²) in [4.78, 5) is 56.9. The Hall–Kier alpha value is -4.02. The van der Waals surface area contributed by atoms with E-state index in [1.165, 1.54) is 11.1 Å². The van der Waals surface area contributed by atoms with E-state index in [9.17, 15) is 36.7 Å². The van der Waals surface area contributed by atoms with Crippen molar-refractivity contribution >= 4 is 46.0 Å². The lowest BCUT2D eigenvalue weighted by molar-refractivity contribution is -0.149. The van der Waals surface area contributed by atoms with Gasteiger partial charge in [0.25, 0.3) is 0 Å². The molecule has 2 aromatic heterocycles. The van der Waals surface area contributed by atoms with Crippen molar-refractivity contribution in [3.05, 3.63) is 12.4 Å². The number of nitrogens with two attached hydrogens (primary N) is 2. The monoisotopic (exact) mass is 792 g/mol. The number of rotatable bonds is 4. The van der Waals surface area contributed by atoms with E-state index in [-0.39, 0.29) is 67.6 Å². The van der Waals surface area contributed by atoms with Gasteiger partial charge in [-0.3, -0.25) is 19.2 Å². The van der Waals surface area contributed by atoms with E-state index in [1.807, 2.05) is 13.8 Å². The number of alkyl halides is 4. The third-order valence-electron chi connectivity index (χ3n) is 12.6. The van der Waals surface area contributed by atoms with Gasteiger partial charge in [-0.1, -0.05) is 13.8 Å². The number of anilines is 2. The van der Waals surface area contributed by atoms with Crippen LogP contribution in [-0.2, 0) is 23.9 Å². The number of carbonyl (C=O) groups is 4. The molecule has 2 aromatic rings. The molecule has 13 nitrogen and oxygen atoms in total. The largest absolute Gasteiger partial charge is 0.383 e. The third kappa shape index (κ3) is 9.74. The summed E-state index contributed by atoms with van der Waals surface area (Å²) in [5.74, 6) is -7.40. The first-order valence-electron chi connectivity index (χ1n) is 20.2. The summed E-state index contributed by atoms with van der Waals surface area (Å²) in [6.07, 6.45) is 10.1. The Kier molecular flexibility index (Phi) is 12.8. The van der Waals surface area contributed by atoms with Gasteiger partial charge in [-0.05, 0) is 94.3 Å². The molecule has 310 valence electrons. The van der Waals surface area contributed by atoms with E-state index in [0.29, 0.717) is 67.9 Å². The number of fused-ring (bicyclic) bond motifs is 1. The van der Waals surface area contributed by atoms with Crippen LogP contribution in [0.5, 0.6) is 0 Å². The number of primary amides is 1. The van der Waals surface area contributed by atoms with Crippen molar-refractivity contribution in [1.82, 2.24) is 24.6 Å². The minimum Gasteiger partial charge on any atom is -0.383 e. The fourth-order valence-electron chi connectivity index (χ4n) is 9.35. The van der Waals surface area contributed by atoms with E-state index < -0.39 is 35.5 Å². The van der Waals surface area contributed by atoms with Crippen molar-refractivity contribution in [2.75, 3.05) is 30.7 Å². The van der Waals surface area contributed by atoms with E-state index in [4.69, 9.17) is 16.2 Å². The molecule has 0 bridgehead atoms. The maximum atomic E-state index is 13.7. The first-order valence-corrected chi connectivity index (χ1v) is 20.2. The molecule has 0 spiro atoms. The Morgan fingerprint density at radius 2 is 1.32 bits per heavy atom. The average molecular weight is 793 g/mol. The Balaban J connectivity index is 0.000000225. The molecule has 5 heterocycles. The van der Waals surface area contributed by atoms with Gasteiger partial charge in [0, 0.05) is 63.7 Å². The van der Waals surface area contributed by atoms with E-state index in [0.717, 1.165) is 44.9 Å². The average Bonchev–Trinajstić information content (AvgIpc) is 3.63. The predicted molar refractivity (Wildman–Crippen MR) is 200 cm³/mol.